The van der Waals surface area contributed by atoms with Gasteiger partial charge in [0.05, 0.1) is 23.9 Å². The summed E-state index contributed by atoms with van der Waals surface area (Å²) in [5.41, 5.74) is -1.44. The third-order valence-corrected chi connectivity index (χ3v) is 6.53. The zero-order valence-corrected chi connectivity index (χ0v) is 18.1. The van der Waals surface area contributed by atoms with Crippen LogP contribution in [0.25, 0.3) is 0 Å². The topological polar surface area (TPSA) is 106 Å². The summed E-state index contributed by atoms with van der Waals surface area (Å²) >= 11 is 0. The summed E-state index contributed by atoms with van der Waals surface area (Å²) in [5, 5.41) is 18.9. The van der Waals surface area contributed by atoms with Crippen LogP contribution in [0, 0.1) is 0 Å². The molecular formula is C23H36O7. The molecule has 4 unspecified atom stereocenters. The van der Waals surface area contributed by atoms with Gasteiger partial charge in [0.2, 0.25) is 0 Å². The number of ether oxygens (including phenoxy) is 3. The number of carboxylic acid groups (broad SMARTS) is 2. The molecule has 0 aliphatic carbocycles. The van der Waals surface area contributed by atoms with Crippen LogP contribution in [0.1, 0.15) is 90.4 Å². The smallest absolute Gasteiger partial charge is 0.335 e. The molecular weight excluding hydrogens is 388 g/mol. The second-order valence-corrected chi connectivity index (χ2v) is 8.86. The summed E-state index contributed by atoms with van der Waals surface area (Å²) in [6.07, 6.45) is 13.9. The number of carboxylic acids is 2. The lowest BCUT2D eigenvalue weighted by atomic mass is 9.82. The molecule has 3 aliphatic heterocycles. The standard InChI is InChI=1S/C23H36O7/c1-2-3-4-5-6-7-8-9-10-11-12-17-22(29-17)28-15-23-14-13-16(30-23)18(20(24)25)19(23)21(26)27/h16-17,22H,2-15H2,1H3,(H,24,25)(H,26,27). The fourth-order valence-corrected chi connectivity index (χ4v) is 4.81. The molecule has 7 nitrogen and oxygen atoms in total. The number of carbonyl (C=O) groups is 2. The van der Waals surface area contributed by atoms with Crippen molar-refractivity contribution in [3.8, 4) is 0 Å². The summed E-state index contributed by atoms with van der Waals surface area (Å²) < 4.78 is 17.1. The first-order valence-corrected chi connectivity index (χ1v) is 11.6. The first-order chi connectivity index (χ1) is 14.5. The van der Waals surface area contributed by atoms with Gasteiger partial charge in [-0.1, -0.05) is 71.1 Å². The molecule has 3 heterocycles. The van der Waals surface area contributed by atoms with Gasteiger partial charge < -0.3 is 24.4 Å². The molecule has 4 atom stereocenters. The first kappa shape index (κ1) is 23.2. The average Bonchev–Trinajstić information content (AvgIpc) is 3.20. The molecule has 7 heteroatoms. The lowest BCUT2D eigenvalue weighted by molar-refractivity contribution is -0.137. The van der Waals surface area contributed by atoms with Crippen LogP contribution in [0.15, 0.2) is 11.1 Å². The SMILES string of the molecule is CCCCCCCCCCCCC1OC1OCC12CCC(O1)C(C(=O)O)=C2C(=O)O. The predicted molar refractivity (Wildman–Crippen MR) is 110 cm³/mol. The van der Waals surface area contributed by atoms with Crippen molar-refractivity contribution >= 4 is 11.9 Å². The molecule has 0 saturated carbocycles. The van der Waals surface area contributed by atoms with E-state index >= 15 is 0 Å². The van der Waals surface area contributed by atoms with Gasteiger partial charge in [-0.2, -0.15) is 0 Å². The van der Waals surface area contributed by atoms with Crippen LogP contribution < -0.4 is 0 Å². The molecule has 0 aromatic heterocycles. The van der Waals surface area contributed by atoms with E-state index in [1.165, 1.54) is 57.8 Å². The summed E-state index contributed by atoms with van der Waals surface area (Å²) in [4.78, 5) is 23.1. The third-order valence-electron chi connectivity index (χ3n) is 6.53. The van der Waals surface area contributed by atoms with Crippen molar-refractivity contribution in [3.63, 3.8) is 0 Å². The van der Waals surface area contributed by atoms with Gasteiger partial charge in [-0.15, -0.1) is 0 Å². The number of epoxide rings is 1. The largest absolute Gasteiger partial charge is 0.478 e. The van der Waals surface area contributed by atoms with Gasteiger partial charge in [-0.3, -0.25) is 0 Å². The van der Waals surface area contributed by atoms with E-state index in [4.69, 9.17) is 14.2 Å². The Balaban J connectivity index is 1.30. The Labute approximate surface area is 178 Å². The molecule has 0 aromatic rings. The van der Waals surface area contributed by atoms with Crippen LogP contribution in [-0.2, 0) is 23.8 Å². The predicted octanol–water partition coefficient (Wildman–Crippen LogP) is 4.44. The lowest BCUT2D eigenvalue weighted by Crippen LogP contribution is -2.38. The number of rotatable bonds is 16. The Morgan fingerprint density at radius 3 is 2.23 bits per heavy atom. The van der Waals surface area contributed by atoms with E-state index in [1.807, 2.05) is 0 Å². The average molecular weight is 425 g/mol. The van der Waals surface area contributed by atoms with Crippen molar-refractivity contribution in [2.75, 3.05) is 6.61 Å². The Morgan fingerprint density at radius 1 is 1.00 bits per heavy atom. The zero-order chi connectivity index (χ0) is 21.6. The summed E-state index contributed by atoms with van der Waals surface area (Å²) in [6, 6.07) is 0. The van der Waals surface area contributed by atoms with Gasteiger partial charge in [0.25, 0.3) is 0 Å². The van der Waals surface area contributed by atoms with E-state index in [0.29, 0.717) is 12.8 Å². The second kappa shape index (κ2) is 10.7. The quantitative estimate of drug-likeness (QED) is 0.279. The van der Waals surface area contributed by atoms with Crippen molar-refractivity contribution in [2.45, 2.75) is 114 Å². The fraction of sp³-hybridized carbons (Fsp3) is 0.826. The molecule has 0 radical (unpaired) electrons. The number of hydrogen-bond acceptors (Lipinski definition) is 5. The Kier molecular flexibility index (Phi) is 8.31. The number of aliphatic carboxylic acids is 2. The molecule has 0 aromatic carbocycles. The van der Waals surface area contributed by atoms with E-state index in [1.54, 1.807) is 0 Å². The van der Waals surface area contributed by atoms with E-state index in [2.05, 4.69) is 6.92 Å². The van der Waals surface area contributed by atoms with Crippen LogP contribution >= 0.6 is 0 Å². The molecule has 2 bridgehead atoms. The number of hydrogen-bond donors (Lipinski definition) is 2. The maximum absolute atomic E-state index is 11.7. The van der Waals surface area contributed by atoms with E-state index < -0.39 is 23.6 Å². The highest BCUT2D eigenvalue weighted by Gasteiger charge is 2.58. The molecule has 30 heavy (non-hydrogen) atoms. The van der Waals surface area contributed by atoms with Gasteiger partial charge >= 0.3 is 11.9 Å². The minimum atomic E-state index is -1.24. The summed E-state index contributed by atoms with van der Waals surface area (Å²) in [7, 11) is 0. The molecule has 0 spiro atoms. The third kappa shape index (κ3) is 5.62. The van der Waals surface area contributed by atoms with Crippen LogP contribution in [0.5, 0.6) is 0 Å². The van der Waals surface area contributed by atoms with Crippen molar-refractivity contribution in [3.05, 3.63) is 11.1 Å². The Morgan fingerprint density at radius 2 is 1.63 bits per heavy atom. The highest BCUT2D eigenvalue weighted by molar-refractivity contribution is 6.02. The molecule has 170 valence electrons. The lowest BCUT2D eigenvalue weighted by Gasteiger charge is -2.26. The molecule has 2 saturated heterocycles. The van der Waals surface area contributed by atoms with Crippen LogP contribution in [0.3, 0.4) is 0 Å². The maximum Gasteiger partial charge on any atom is 0.335 e. The summed E-state index contributed by atoms with van der Waals surface area (Å²) in [5.74, 6) is -2.46. The van der Waals surface area contributed by atoms with Crippen molar-refractivity contribution in [1.82, 2.24) is 0 Å². The molecule has 3 rings (SSSR count). The molecule has 0 amide bonds. The number of unbranched alkanes of at least 4 members (excludes halogenated alkanes) is 9. The van der Waals surface area contributed by atoms with Crippen molar-refractivity contribution < 1.29 is 34.0 Å². The molecule has 3 aliphatic rings. The van der Waals surface area contributed by atoms with E-state index in [-0.39, 0.29) is 30.1 Å². The number of fused-ring (bicyclic) bond motifs is 2. The second-order valence-electron chi connectivity index (χ2n) is 8.86. The molecule has 2 fully saturated rings. The monoisotopic (exact) mass is 424 g/mol. The van der Waals surface area contributed by atoms with Gasteiger partial charge in [-0.25, -0.2) is 9.59 Å². The Bertz CT molecular complexity index is 643. The highest BCUT2D eigenvalue weighted by Crippen LogP contribution is 2.48. The van der Waals surface area contributed by atoms with Crippen LogP contribution in [-0.4, -0.2) is 52.9 Å². The maximum atomic E-state index is 11.7. The van der Waals surface area contributed by atoms with E-state index in [0.717, 1.165) is 12.8 Å². The molecule has 2 N–H and O–H groups in total. The van der Waals surface area contributed by atoms with Crippen LogP contribution in [0.2, 0.25) is 0 Å². The summed E-state index contributed by atoms with van der Waals surface area (Å²) in [6.45, 7) is 2.27. The van der Waals surface area contributed by atoms with Gasteiger partial charge in [0, 0.05) is 0 Å². The van der Waals surface area contributed by atoms with Gasteiger partial charge in [0.1, 0.15) is 11.7 Å². The Hall–Kier alpha value is -1.44. The normalized spacial score (nSPS) is 29.6. The fourth-order valence-electron chi connectivity index (χ4n) is 4.81. The minimum Gasteiger partial charge on any atom is -0.478 e. The van der Waals surface area contributed by atoms with Crippen molar-refractivity contribution in [1.29, 1.82) is 0 Å². The minimum absolute atomic E-state index is 0.0289. The van der Waals surface area contributed by atoms with Gasteiger partial charge in [0.15, 0.2) is 6.29 Å². The highest BCUT2D eigenvalue weighted by atomic mass is 16.8. The van der Waals surface area contributed by atoms with Crippen molar-refractivity contribution in [2.24, 2.45) is 0 Å². The van der Waals surface area contributed by atoms with Gasteiger partial charge in [-0.05, 0) is 19.3 Å². The first-order valence-electron chi connectivity index (χ1n) is 11.6. The van der Waals surface area contributed by atoms with Crippen LogP contribution in [0.4, 0.5) is 0 Å². The van der Waals surface area contributed by atoms with E-state index in [9.17, 15) is 19.8 Å². The zero-order valence-electron chi connectivity index (χ0n) is 18.1.